The molecule has 0 saturated heterocycles. The fraction of sp³-hybridized carbons (Fsp3) is 0.625. The number of rotatable bonds is 6. The highest BCUT2D eigenvalue weighted by molar-refractivity contribution is 5.49. The number of benzene rings is 1. The van der Waals surface area contributed by atoms with E-state index in [4.69, 9.17) is 9.47 Å². The molecule has 1 atom stereocenters. The molecular formula is C16H25NO2. The van der Waals surface area contributed by atoms with Gasteiger partial charge >= 0.3 is 0 Å². The van der Waals surface area contributed by atoms with Gasteiger partial charge < -0.3 is 14.8 Å². The van der Waals surface area contributed by atoms with Crippen molar-refractivity contribution < 1.29 is 9.47 Å². The lowest BCUT2D eigenvalue weighted by molar-refractivity contribution is 0.352. The maximum absolute atomic E-state index is 5.43. The second-order valence-electron chi connectivity index (χ2n) is 5.20. The van der Waals surface area contributed by atoms with Crippen molar-refractivity contribution in [3.8, 4) is 11.5 Å². The average Bonchev–Trinajstić information content (AvgIpc) is 2.46. The molecule has 1 aromatic carbocycles. The average molecular weight is 263 g/mol. The van der Waals surface area contributed by atoms with Gasteiger partial charge in [-0.1, -0.05) is 6.92 Å². The highest BCUT2D eigenvalue weighted by Gasteiger charge is 2.22. The molecular weight excluding hydrogens is 238 g/mol. The smallest absolute Gasteiger partial charge is 0.161 e. The summed E-state index contributed by atoms with van der Waals surface area (Å²) in [6, 6.07) is 4.33. The zero-order chi connectivity index (χ0) is 13.7. The lowest BCUT2D eigenvalue weighted by Gasteiger charge is -2.27. The van der Waals surface area contributed by atoms with E-state index in [0.29, 0.717) is 5.92 Å². The maximum Gasteiger partial charge on any atom is 0.161 e. The third-order valence-corrected chi connectivity index (χ3v) is 3.90. The highest BCUT2D eigenvalue weighted by Crippen LogP contribution is 2.38. The summed E-state index contributed by atoms with van der Waals surface area (Å²) in [5.41, 5.74) is 2.86. The van der Waals surface area contributed by atoms with E-state index in [0.717, 1.165) is 31.0 Å². The van der Waals surface area contributed by atoms with Crippen LogP contribution in [0, 0.1) is 0 Å². The Balaban J connectivity index is 2.22. The summed E-state index contributed by atoms with van der Waals surface area (Å²) < 4.78 is 10.8. The molecule has 1 aliphatic carbocycles. The van der Waals surface area contributed by atoms with E-state index >= 15 is 0 Å². The van der Waals surface area contributed by atoms with E-state index in [9.17, 15) is 0 Å². The number of fused-ring (bicyclic) bond motifs is 1. The van der Waals surface area contributed by atoms with Gasteiger partial charge in [-0.15, -0.1) is 0 Å². The summed E-state index contributed by atoms with van der Waals surface area (Å²) >= 11 is 0. The van der Waals surface area contributed by atoms with Gasteiger partial charge in [-0.2, -0.15) is 0 Å². The molecule has 106 valence electrons. The summed E-state index contributed by atoms with van der Waals surface area (Å²) in [5.74, 6) is 2.31. The molecule has 0 bridgehead atoms. The summed E-state index contributed by atoms with van der Waals surface area (Å²) in [6.45, 7) is 4.37. The van der Waals surface area contributed by atoms with Crippen LogP contribution in [-0.2, 0) is 6.42 Å². The second kappa shape index (κ2) is 6.80. The van der Waals surface area contributed by atoms with Crippen LogP contribution >= 0.6 is 0 Å². The predicted molar refractivity (Wildman–Crippen MR) is 78.4 cm³/mol. The molecule has 0 spiro atoms. The fourth-order valence-electron chi connectivity index (χ4n) is 2.89. The minimum Gasteiger partial charge on any atom is -0.493 e. The van der Waals surface area contributed by atoms with Crippen molar-refractivity contribution in [3.05, 3.63) is 23.3 Å². The van der Waals surface area contributed by atoms with Gasteiger partial charge in [0, 0.05) is 6.54 Å². The first kappa shape index (κ1) is 14.2. The Labute approximate surface area is 116 Å². The van der Waals surface area contributed by atoms with Crippen LogP contribution < -0.4 is 14.8 Å². The van der Waals surface area contributed by atoms with Crippen LogP contribution in [0.2, 0.25) is 0 Å². The first-order valence-electron chi connectivity index (χ1n) is 7.25. The normalized spacial score (nSPS) is 17.9. The predicted octanol–water partition coefficient (Wildman–Crippen LogP) is 3.12. The molecule has 0 unspecified atom stereocenters. The van der Waals surface area contributed by atoms with Crippen LogP contribution in [0.1, 0.15) is 43.2 Å². The molecule has 3 heteroatoms. The zero-order valence-corrected chi connectivity index (χ0v) is 12.3. The van der Waals surface area contributed by atoms with E-state index in [-0.39, 0.29) is 0 Å². The zero-order valence-electron chi connectivity index (χ0n) is 12.3. The van der Waals surface area contributed by atoms with Crippen LogP contribution in [0.3, 0.4) is 0 Å². The van der Waals surface area contributed by atoms with Crippen molar-refractivity contribution >= 4 is 0 Å². The van der Waals surface area contributed by atoms with Gasteiger partial charge in [-0.05, 0) is 61.4 Å². The molecule has 1 aromatic rings. The Morgan fingerprint density at radius 2 is 1.95 bits per heavy atom. The topological polar surface area (TPSA) is 30.5 Å². The first-order valence-corrected chi connectivity index (χ1v) is 7.25. The van der Waals surface area contributed by atoms with Gasteiger partial charge in [-0.3, -0.25) is 0 Å². The first-order chi connectivity index (χ1) is 9.30. The van der Waals surface area contributed by atoms with Gasteiger partial charge in [0.2, 0.25) is 0 Å². The van der Waals surface area contributed by atoms with E-state index in [1.54, 1.807) is 14.2 Å². The number of nitrogens with one attached hydrogen (secondary N) is 1. The number of hydrogen-bond acceptors (Lipinski definition) is 3. The number of ether oxygens (including phenoxy) is 2. The number of hydrogen-bond donors (Lipinski definition) is 1. The van der Waals surface area contributed by atoms with Crippen molar-refractivity contribution in [1.82, 2.24) is 5.32 Å². The molecule has 0 aromatic heterocycles. The molecule has 2 rings (SSSR count). The third kappa shape index (κ3) is 3.21. The minimum atomic E-state index is 0.607. The Hall–Kier alpha value is -1.22. The van der Waals surface area contributed by atoms with Crippen LogP contribution in [0.5, 0.6) is 11.5 Å². The van der Waals surface area contributed by atoms with Crippen LogP contribution in [0.15, 0.2) is 12.1 Å². The van der Waals surface area contributed by atoms with E-state index in [1.807, 2.05) is 0 Å². The van der Waals surface area contributed by atoms with Crippen molar-refractivity contribution in [2.24, 2.45) is 0 Å². The molecule has 0 heterocycles. The minimum absolute atomic E-state index is 0.607. The monoisotopic (exact) mass is 263 g/mol. The summed E-state index contributed by atoms with van der Waals surface area (Å²) in [6.07, 6.45) is 4.87. The lowest BCUT2D eigenvalue weighted by atomic mass is 9.82. The molecule has 1 aliphatic rings. The van der Waals surface area contributed by atoms with E-state index in [1.165, 1.54) is 30.4 Å². The van der Waals surface area contributed by atoms with Gasteiger partial charge in [0.05, 0.1) is 14.2 Å². The molecule has 0 radical (unpaired) electrons. The lowest BCUT2D eigenvalue weighted by Crippen LogP contribution is -2.25. The number of aryl methyl sites for hydroxylation is 1. The van der Waals surface area contributed by atoms with E-state index in [2.05, 4.69) is 24.4 Å². The molecule has 0 aliphatic heterocycles. The molecule has 0 saturated carbocycles. The Morgan fingerprint density at radius 1 is 1.21 bits per heavy atom. The Bertz CT molecular complexity index is 417. The van der Waals surface area contributed by atoms with Gasteiger partial charge in [-0.25, -0.2) is 0 Å². The number of methoxy groups -OCH3 is 2. The summed E-state index contributed by atoms with van der Waals surface area (Å²) in [5, 5.41) is 3.54. The highest BCUT2D eigenvalue weighted by atomic mass is 16.5. The summed E-state index contributed by atoms with van der Waals surface area (Å²) in [4.78, 5) is 0. The standard InChI is InChI=1S/C16H25NO2/c1-4-8-17-11-13-7-5-6-12-9-15(18-2)16(19-3)10-14(12)13/h9-10,13,17H,4-8,11H2,1-3H3/t13-/m1/s1. The van der Waals surface area contributed by atoms with Crippen LogP contribution in [0.4, 0.5) is 0 Å². The van der Waals surface area contributed by atoms with Crippen molar-refractivity contribution in [3.63, 3.8) is 0 Å². The van der Waals surface area contributed by atoms with Crippen LogP contribution in [-0.4, -0.2) is 27.3 Å². The largest absolute Gasteiger partial charge is 0.493 e. The van der Waals surface area contributed by atoms with Gasteiger partial charge in [0.1, 0.15) is 0 Å². The molecule has 1 N–H and O–H groups in total. The molecule has 3 nitrogen and oxygen atoms in total. The summed E-state index contributed by atoms with van der Waals surface area (Å²) in [7, 11) is 3.41. The SMILES string of the molecule is CCCNC[C@H]1CCCc2cc(OC)c(OC)cc21. The molecule has 0 amide bonds. The van der Waals surface area contributed by atoms with Gasteiger partial charge in [0.15, 0.2) is 11.5 Å². The van der Waals surface area contributed by atoms with Gasteiger partial charge in [0.25, 0.3) is 0 Å². The maximum atomic E-state index is 5.43. The molecule has 19 heavy (non-hydrogen) atoms. The van der Waals surface area contributed by atoms with E-state index < -0.39 is 0 Å². The van der Waals surface area contributed by atoms with Crippen molar-refractivity contribution in [2.75, 3.05) is 27.3 Å². The Kier molecular flexibility index (Phi) is 5.08. The second-order valence-corrected chi connectivity index (χ2v) is 5.20. The Morgan fingerprint density at radius 3 is 2.63 bits per heavy atom. The molecule has 0 fully saturated rings. The quantitative estimate of drug-likeness (QED) is 0.800. The van der Waals surface area contributed by atoms with Crippen LogP contribution in [0.25, 0.3) is 0 Å². The van der Waals surface area contributed by atoms with Crippen molar-refractivity contribution in [2.45, 2.75) is 38.5 Å². The fourth-order valence-corrected chi connectivity index (χ4v) is 2.89. The third-order valence-electron chi connectivity index (χ3n) is 3.90. The van der Waals surface area contributed by atoms with Crippen molar-refractivity contribution in [1.29, 1.82) is 0 Å².